The molecule has 0 saturated carbocycles. The quantitative estimate of drug-likeness (QED) is 0.798. The van der Waals surface area contributed by atoms with Gasteiger partial charge in [-0.3, -0.25) is 9.59 Å². The number of aromatic hydroxyl groups is 2. The van der Waals surface area contributed by atoms with Gasteiger partial charge in [-0.1, -0.05) is 12.1 Å². The summed E-state index contributed by atoms with van der Waals surface area (Å²) in [6.07, 6.45) is 1.32. The van der Waals surface area contributed by atoms with Crippen molar-refractivity contribution in [3.8, 4) is 11.5 Å². The lowest BCUT2D eigenvalue weighted by atomic mass is 10.0. The third kappa shape index (κ3) is 4.09. The molecule has 3 N–H and O–H groups in total. The molecule has 130 valence electrons. The summed E-state index contributed by atoms with van der Waals surface area (Å²) in [6.45, 7) is 1.08. The Hall–Kier alpha value is -3.02. The molecule has 0 aliphatic carbocycles. The van der Waals surface area contributed by atoms with E-state index in [2.05, 4.69) is 5.32 Å². The molecule has 0 atom stereocenters. The van der Waals surface area contributed by atoms with E-state index >= 15 is 0 Å². The summed E-state index contributed by atoms with van der Waals surface area (Å²) in [5.74, 6) is -0.222. The summed E-state index contributed by atoms with van der Waals surface area (Å²) >= 11 is 0. The first-order valence-corrected chi connectivity index (χ1v) is 8.21. The minimum atomic E-state index is -0.228. The van der Waals surface area contributed by atoms with Crippen LogP contribution in [0.5, 0.6) is 11.5 Å². The van der Waals surface area contributed by atoms with Crippen molar-refractivity contribution in [1.82, 2.24) is 10.2 Å². The number of rotatable bonds is 3. The molecule has 2 aromatic rings. The van der Waals surface area contributed by atoms with Crippen LogP contribution in [0.2, 0.25) is 0 Å². The van der Waals surface area contributed by atoms with E-state index in [1.165, 1.54) is 24.3 Å². The van der Waals surface area contributed by atoms with Crippen LogP contribution < -0.4 is 5.32 Å². The third-order valence-electron chi connectivity index (χ3n) is 4.32. The van der Waals surface area contributed by atoms with Crippen LogP contribution in [0.25, 0.3) is 0 Å². The number of phenols is 2. The largest absolute Gasteiger partial charge is 0.508 e. The highest BCUT2D eigenvalue weighted by atomic mass is 16.3. The molecule has 0 radical (unpaired) electrons. The lowest BCUT2D eigenvalue weighted by molar-refractivity contribution is 0.0697. The first-order valence-electron chi connectivity index (χ1n) is 8.21. The minimum Gasteiger partial charge on any atom is -0.508 e. The van der Waals surface area contributed by atoms with Crippen molar-refractivity contribution in [3.63, 3.8) is 0 Å². The second-order valence-electron chi connectivity index (χ2n) is 6.14. The van der Waals surface area contributed by atoms with Gasteiger partial charge in [0.2, 0.25) is 0 Å². The maximum Gasteiger partial charge on any atom is 0.253 e. The zero-order valence-corrected chi connectivity index (χ0v) is 13.7. The Kier molecular flexibility index (Phi) is 4.88. The van der Waals surface area contributed by atoms with Gasteiger partial charge in [0, 0.05) is 30.3 Å². The van der Waals surface area contributed by atoms with Gasteiger partial charge in [0.1, 0.15) is 11.5 Å². The van der Waals surface area contributed by atoms with Crippen LogP contribution in [0.15, 0.2) is 48.5 Å². The van der Waals surface area contributed by atoms with Crippen LogP contribution in [-0.4, -0.2) is 46.1 Å². The normalized spacial score (nSPS) is 15.0. The van der Waals surface area contributed by atoms with E-state index in [1.807, 2.05) is 0 Å². The number of amides is 2. The lowest BCUT2D eigenvalue weighted by Crippen LogP contribution is -2.46. The minimum absolute atomic E-state index is 0.0110. The lowest BCUT2D eigenvalue weighted by Gasteiger charge is -2.32. The summed E-state index contributed by atoms with van der Waals surface area (Å²) in [4.78, 5) is 26.4. The fourth-order valence-corrected chi connectivity index (χ4v) is 2.96. The molecule has 6 nitrogen and oxygen atoms in total. The molecule has 0 spiro atoms. The summed E-state index contributed by atoms with van der Waals surface area (Å²) in [5.41, 5.74) is 0.875. The highest BCUT2D eigenvalue weighted by Crippen LogP contribution is 2.18. The predicted molar refractivity (Wildman–Crippen MR) is 92.6 cm³/mol. The van der Waals surface area contributed by atoms with Crippen LogP contribution in [0.1, 0.15) is 33.6 Å². The van der Waals surface area contributed by atoms with Crippen molar-refractivity contribution in [2.75, 3.05) is 13.1 Å². The van der Waals surface area contributed by atoms with Gasteiger partial charge in [-0.15, -0.1) is 0 Å². The monoisotopic (exact) mass is 340 g/mol. The number of hydrogen-bond acceptors (Lipinski definition) is 4. The van der Waals surface area contributed by atoms with E-state index in [9.17, 15) is 19.8 Å². The molecule has 3 rings (SSSR count). The van der Waals surface area contributed by atoms with Crippen LogP contribution in [0.4, 0.5) is 0 Å². The average molecular weight is 340 g/mol. The maximum atomic E-state index is 12.4. The predicted octanol–water partition coefficient (Wildman–Crippen LogP) is 2.13. The molecule has 1 aliphatic rings. The van der Waals surface area contributed by atoms with Gasteiger partial charge in [0.15, 0.2) is 0 Å². The third-order valence-corrected chi connectivity index (χ3v) is 4.32. The number of carbonyl (C=O) groups is 2. The van der Waals surface area contributed by atoms with Crippen LogP contribution >= 0.6 is 0 Å². The van der Waals surface area contributed by atoms with Crippen LogP contribution in [-0.2, 0) is 0 Å². The molecule has 1 fully saturated rings. The number of benzene rings is 2. The Morgan fingerprint density at radius 1 is 0.920 bits per heavy atom. The first kappa shape index (κ1) is 16.8. The van der Waals surface area contributed by atoms with Gasteiger partial charge in [-0.25, -0.2) is 0 Å². The molecule has 0 bridgehead atoms. The average Bonchev–Trinajstić information content (AvgIpc) is 2.62. The van der Waals surface area contributed by atoms with E-state index in [-0.39, 0.29) is 29.4 Å². The van der Waals surface area contributed by atoms with Gasteiger partial charge in [-0.2, -0.15) is 0 Å². The molecule has 1 aliphatic heterocycles. The smallest absolute Gasteiger partial charge is 0.253 e. The van der Waals surface area contributed by atoms with E-state index in [4.69, 9.17) is 0 Å². The highest BCUT2D eigenvalue weighted by Gasteiger charge is 2.25. The number of nitrogens with one attached hydrogen (secondary N) is 1. The van der Waals surface area contributed by atoms with Gasteiger partial charge in [-0.05, 0) is 49.2 Å². The van der Waals surface area contributed by atoms with Gasteiger partial charge in [0.25, 0.3) is 11.8 Å². The standard InChI is InChI=1S/C19H20N2O4/c22-16-5-1-3-13(11-16)18(24)20-15-7-9-21(10-8-15)19(25)14-4-2-6-17(23)12-14/h1-6,11-12,15,22-23H,7-10H2,(H,20,24). The molecule has 1 heterocycles. The summed E-state index contributed by atoms with van der Waals surface area (Å²) in [5, 5.41) is 21.9. The molecular formula is C19H20N2O4. The Balaban J connectivity index is 1.55. The van der Waals surface area contributed by atoms with Gasteiger partial charge < -0.3 is 20.4 Å². The zero-order valence-electron chi connectivity index (χ0n) is 13.7. The SMILES string of the molecule is O=C(NC1CCN(C(=O)c2cccc(O)c2)CC1)c1cccc(O)c1. The summed E-state index contributed by atoms with van der Waals surface area (Å²) in [7, 11) is 0. The van der Waals surface area contributed by atoms with Crippen molar-refractivity contribution in [1.29, 1.82) is 0 Å². The number of likely N-dealkylation sites (tertiary alicyclic amines) is 1. The Morgan fingerprint density at radius 3 is 2.08 bits per heavy atom. The molecule has 0 unspecified atom stereocenters. The first-order chi connectivity index (χ1) is 12.0. The molecular weight excluding hydrogens is 320 g/mol. The van der Waals surface area contributed by atoms with Crippen LogP contribution in [0.3, 0.4) is 0 Å². The molecule has 0 aromatic heterocycles. The number of piperidine rings is 1. The second-order valence-corrected chi connectivity index (χ2v) is 6.14. The fourth-order valence-electron chi connectivity index (χ4n) is 2.96. The topological polar surface area (TPSA) is 89.9 Å². The molecule has 25 heavy (non-hydrogen) atoms. The summed E-state index contributed by atoms with van der Waals surface area (Å²) < 4.78 is 0. The van der Waals surface area contributed by atoms with Gasteiger partial charge >= 0.3 is 0 Å². The Morgan fingerprint density at radius 2 is 1.48 bits per heavy atom. The van der Waals surface area contributed by atoms with Crippen molar-refractivity contribution in [2.24, 2.45) is 0 Å². The molecule has 6 heteroatoms. The van der Waals surface area contributed by atoms with E-state index in [0.29, 0.717) is 37.1 Å². The maximum absolute atomic E-state index is 12.4. The van der Waals surface area contributed by atoms with Crippen molar-refractivity contribution < 1.29 is 19.8 Å². The van der Waals surface area contributed by atoms with E-state index in [0.717, 1.165) is 0 Å². The number of hydrogen-bond donors (Lipinski definition) is 3. The summed E-state index contributed by atoms with van der Waals surface area (Å²) in [6, 6.07) is 12.5. The van der Waals surface area contributed by atoms with Crippen molar-refractivity contribution >= 4 is 11.8 Å². The van der Waals surface area contributed by atoms with Crippen molar-refractivity contribution in [3.05, 3.63) is 59.7 Å². The van der Waals surface area contributed by atoms with E-state index < -0.39 is 0 Å². The molecule has 2 amide bonds. The highest BCUT2D eigenvalue weighted by molar-refractivity contribution is 5.95. The number of carbonyl (C=O) groups excluding carboxylic acids is 2. The Labute approximate surface area is 145 Å². The van der Waals surface area contributed by atoms with E-state index in [1.54, 1.807) is 29.2 Å². The molecule has 2 aromatic carbocycles. The number of nitrogens with zero attached hydrogens (tertiary/aromatic N) is 1. The Bertz CT molecular complexity index is 782. The molecule has 1 saturated heterocycles. The van der Waals surface area contributed by atoms with Gasteiger partial charge in [0.05, 0.1) is 0 Å². The number of phenolic OH excluding ortho intramolecular Hbond substituents is 2. The zero-order chi connectivity index (χ0) is 17.8. The second kappa shape index (κ2) is 7.25. The fraction of sp³-hybridized carbons (Fsp3) is 0.263. The van der Waals surface area contributed by atoms with Crippen molar-refractivity contribution in [2.45, 2.75) is 18.9 Å². The van der Waals surface area contributed by atoms with Crippen LogP contribution in [0, 0.1) is 0 Å².